The normalized spacial score (nSPS) is 35.4. The van der Waals surface area contributed by atoms with Gasteiger partial charge < -0.3 is 5.32 Å². The van der Waals surface area contributed by atoms with Crippen LogP contribution >= 0.6 is 0 Å². The molecule has 3 aliphatic rings. The summed E-state index contributed by atoms with van der Waals surface area (Å²) in [6.07, 6.45) is 7.28. The van der Waals surface area contributed by atoms with Gasteiger partial charge in [0.15, 0.2) is 0 Å². The topological polar surface area (TPSA) is 46.0 Å². The van der Waals surface area contributed by atoms with Gasteiger partial charge in [0.05, 0.1) is 6.54 Å². The third-order valence-corrected chi connectivity index (χ3v) is 5.65. The van der Waals surface area contributed by atoms with E-state index < -0.39 is 0 Å². The summed E-state index contributed by atoms with van der Waals surface area (Å²) in [5, 5.41) is 8.05. The molecule has 2 heterocycles. The van der Waals surface area contributed by atoms with Gasteiger partial charge in [0, 0.05) is 31.7 Å². The van der Waals surface area contributed by atoms with Crippen LogP contribution in [0.4, 0.5) is 0 Å². The minimum Gasteiger partial charge on any atom is -0.311 e. The molecule has 2 aliphatic carbocycles. The number of nitrogens with zero attached hydrogens (tertiary/aromatic N) is 4. The number of nitrogens with one attached hydrogen (secondary N) is 1. The van der Waals surface area contributed by atoms with E-state index in [1.807, 2.05) is 11.7 Å². The fourth-order valence-corrected chi connectivity index (χ4v) is 3.76. The molecular formula is C15H25N5. The lowest BCUT2D eigenvalue weighted by Crippen LogP contribution is -2.64. The number of hydrogen-bond acceptors (Lipinski definition) is 4. The summed E-state index contributed by atoms with van der Waals surface area (Å²) in [4.78, 5) is 7.12. The quantitative estimate of drug-likeness (QED) is 0.896. The first-order valence-electron chi connectivity index (χ1n) is 7.98. The van der Waals surface area contributed by atoms with Crippen molar-refractivity contribution in [1.82, 2.24) is 25.0 Å². The van der Waals surface area contributed by atoms with Crippen molar-refractivity contribution < 1.29 is 0 Å². The lowest BCUT2D eigenvalue weighted by Gasteiger charge is -2.48. The summed E-state index contributed by atoms with van der Waals surface area (Å²) < 4.78 is 1.92. The zero-order chi connectivity index (χ0) is 13.7. The number of aromatic nitrogens is 3. The summed E-state index contributed by atoms with van der Waals surface area (Å²) in [7, 11) is 2.00. The Balaban J connectivity index is 1.55. The fourth-order valence-electron chi connectivity index (χ4n) is 3.76. The van der Waals surface area contributed by atoms with E-state index in [1.165, 1.54) is 32.2 Å². The summed E-state index contributed by atoms with van der Waals surface area (Å²) >= 11 is 0. The maximum Gasteiger partial charge on any atom is 0.140 e. The van der Waals surface area contributed by atoms with E-state index in [1.54, 1.807) is 6.33 Å². The van der Waals surface area contributed by atoms with E-state index in [9.17, 15) is 0 Å². The maximum atomic E-state index is 4.43. The van der Waals surface area contributed by atoms with Gasteiger partial charge in [0.2, 0.25) is 0 Å². The second kappa shape index (κ2) is 4.53. The minimum absolute atomic E-state index is 0.303. The molecule has 110 valence electrons. The van der Waals surface area contributed by atoms with Crippen molar-refractivity contribution in [2.45, 2.75) is 50.7 Å². The van der Waals surface area contributed by atoms with E-state index in [0.717, 1.165) is 30.7 Å². The Hall–Kier alpha value is -0.940. The molecule has 2 unspecified atom stereocenters. The average molecular weight is 275 g/mol. The van der Waals surface area contributed by atoms with Gasteiger partial charge in [-0.1, -0.05) is 0 Å². The lowest BCUT2D eigenvalue weighted by atomic mass is 9.88. The Morgan fingerprint density at radius 3 is 2.75 bits per heavy atom. The van der Waals surface area contributed by atoms with Crippen LogP contribution in [0, 0.1) is 11.8 Å². The molecule has 5 heteroatoms. The monoisotopic (exact) mass is 275 g/mol. The highest BCUT2D eigenvalue weighted by Gasteiger charge is 2.50. The van der Waals surface area contributed by atoms with Crippen LogP contribution < -0.4 is 5.32 Å². The van der Waals surface area contributed by atoms with E-state index in [0.29, 0.717) is 11.6 Å². The van der Waals surface area contributed by atoms with Gasteiger partial charge in [-0.15, -0.1) is 0 Å². The smallest absolute Gasteiger partial charge is 0.140 e. The van der Waals surface area contributed by atoms with Gasteiger partial charge in [-0.3, -0.25) is 9.58 Å². The molecule has 4 rings (SSSR count). The summed E-state index contributed by atoms with van der Waals surface area (Å²) in [6.45, 7) is 5.69. The van der Waals surface area contributed by atoms with Gasteiger partial charge in [-0.25, -0.2) is 4.98 Å². The van der Waals surface area contributed by atoms with Crippen LogP contribution in [-0.2, 0) is 13.6 Å². The molecule has 0 spiro atoms. The number of rotatable bonds is 4. The molecule has 0 radical (unpaired) electrons. The molecule has 0 amide bonds. The zero-order valence-corrected chi connectivity index (χ0v) is 12.5. The highest BCUT2D eigenvalue weighted by Crippen LogP contribution is 2.46. The minimum atomic E-state index is 0.303. The van der Waals surface area contributed by atoms with Crippen molar-refractivity contribution in [3.05, 3.63) is 12.2 Å². The van der Waals surface area contributed by atoms with Crippen molar-refractivity contribution in [2.75, 3.05) is 13.1 Å². The summed E-state index contributed by atoms with van der Waals surface area (Å²) in [5.74, 6) is 2.87. The average Bonchev–Trinajstić information content (AvgIpc) is 3.32. The Bertz CT molecular complexity index is 490. The van der Waals surface area contributed by atoms with Crippen molar-refractivity contribution in [3.8, 4) is 0 Å². The van der Waals surface area contributed by atoms with E-state index in [2.05, 4.69) is 27.2 Å². The Morgan fingerprint density at radius 2 is 2.15 bits per heavy atom. The second-order valence-corrected chi connectivity index (χ2v) is 7.14. The number of hydrogen-bond donors (Lipinski definition) is 1. The highest BCUT2D eigenvalue weighted by atomic mass is 15.4. The van der Waals surface area contributed by atoms with Crippen LogP contribution in [-0.4, -0.2) is 44.3 Å². The van der Waals surface area contributed by atoms with Gasteiger partial charge in [-0.2, -0.15) is 5.10 Å². The number of piperazine rings is 1. The predicted octanol–water partition coefficient (Wildman–Crippen LogP) is 1.17. The van der Waals surface area contributed by atoms with E-state index in [-0.39, 0.29) is 0 Å². The molecule has 1 N–H and O–H groups in total. The molecule has 2 saturated carbocycles. The summed E-state index contributed by atoms with van der Waals surface area (Å²) in [6, 6.07) is 0.690. The molecule has 0 bridgehead atoms. The van der Waals surface area contributed by atoms with Gasteiger partial charge >= 0.3 is 0 Å². The van der Waals surface area contributed by atoms with Crippen molar-refractivity contribution in [1.29, 1.82) is 0 Å². The van der Waals surface area contributed by atoms with Crippen molar-refractivity contribution >= 4 is 0 Å². The second-order valence-electron chi connectivity index (χ2n) is 7.14. The zero-order valence-electron chi connectivity index (χ0n) is 12.5. The maximum absolute atomic E-state index is 4.43. The fraction of sp³-hybridized carbons (Fsp3) is 0.867. The van der Waals surface area contributed by atoms with Crippen LogP contribution in [0.3, 0.4) is 0 Å². The molecule has 2 atom stereocenters. The van der Waals surface area contributed by atoms with Crippen LogP contribution in [0.15, 0.2) is 6.33 Å². The first kappa shape index (κ1) is 12.8. The molecule has 3 fully saturated rings. The molecule has 20 heavy (non-hydrogen) atoms. The third-order valence-electron chi connectivity index (χ3n) is 5.65. The van der Waals surface area contributed by atoms with Crippen LogP contribution in [0.1, 0.15) is 38.4 Å². The largest absolute Gasteiger partial charge is 0.311 e. The molecule has 0 aromatic carbocycles. The van der Waals surface area contributed by atoms with Crippen LogP contribution in [0.5, 0.6) is 0 Å². The van der Waals surface area contributed by atoms with E-state index in [4.69, 9.17) is 0 Å². The van der Waals surface area contributed by atoms with Crippen LogP contribution in [0.25, 0.3) is 0 Å². The Labute approximate surface area is 120 Å². The summed E-state index contributed by atoms with van der Waals surface area (Å²) in [5.41, 5.74) is 0.303. The molecule has 1 saturated heterocycles. The Kier molecular flexibility index (Phi) is 2.89. The molecular weight excluding hydrogens is 250 g/mol. The lowest BCUT2D eigenvalue weighted by molar-refractivity contribution is 0.0206. The van der Waals surface area contributed by atoms with Gasteiger partial charge in [0.1, 0.15) is 12.2 Å². The molecule has 1 aromatic heterocycles. The third kappa shape index (κ3) is 2.17. The first-order chi connectivity index (χ1) is 9.67. The van der Waals surface area contributed by atoms with Crippen molar-refractivity contribution in [3.63, 3.8) is 0 Å². The van der Waals surface area contributed by atoms with Crippen LogP contribution in [0.2, 0.25) is 0 Å². The number of aryl methyl sites for hydroxylation is 1. The molecule has 1 aliphatic heterocycles. The Morgan fingerprint density at radius 1 is 1.35 bits per heavy atom. The molecule has 5 nitrogen and oxygen atoms in total. The van der Waals surface area contributed by atoms with Gasteiger partial charge in [0.25, 0.3) is 0 Å². The highest BCUT2D eigenvalue weighted by molar-refractivity contribution is 5.07. The van der Waals surface area contributed by atoms with E-state index >= 15 is 0 Å². The molecule has 1 aromatic rings. The first-order valence-corrected chi connectivity index (χ1v) is 7.98. The van der Waals surface area contributed by atoms with Gasteiger partial charge in [-0.05, 0) is 44.4 Å². The van der Waals surface area contributed by atoms with Crippen molar-refractivity contribution in [2.24, 2.45) is 18.9 Å². The predicted molar refractivity (Wildman–Crippen MR) is 77.1 cm³/mol. The SMILES string of the molecule is Cn1ncnc1CN1CC(C2CC2)NCC1(C)C1CC1. The standard InChI is InChI=1S/C15H25N5/c1-15(12-5-6-12)9-16-13(11-3-4-11)7-20(15)8-14-17-10-18-19(14)2/h10-13,16H,3-9H2,1-2H3.